The van der Waals surface area contributed by atoms with Gasteiger partial charge in [0.2, 0.25) is 0 Å². The van der Waals surface area contributed by atoms with E-state index in [1.165, 1.54) is 13.2 Å². The zero-order valence-electron chi connectivity index (χ0n) is 15.3. The number of guanidine groups is 1. The third-order valence-corrected chi connectivity index (χ3v) is 3.60. The molecular weight excluding hydrogens is 356 g/mol. The van der Waals surface area contributed by atoms with Crippen LogP contribution in [0.1, 0.15) is 12.5 Å². The number of para-hydroxylation sites is 1. The second kappa shape index (κ2) is 10.2. The largest absolute Gasteiger partial charge is 0.504 e. The number of hydrogen-bond acceptors (Lipinski definition) is 4. The van der Waals surface area contributed by atoms with Crippen LogP contribution < -0.4 is 20.1 Å². The van der Waals surface area contributed by atoms with Gasteiger partial charge in [0, 0.05) is 18.2 Å². The van der Waals surface area contributed by atoms with Crippen molar-refractivity contribution < 1.29 is 23.4 Å². The van der Waals surface area contributed by atoms with E-state index in [1.807, 2.05) is 6.92 Å². The van der Waals surface area contributed by atoms with Crippen LogP contribution in [0.2, 0.25) is 0 Å². The Labute approximate surface area is 156 Å². The number of aromatic hydroxyl groups is 1. The topological polar surface area (TPSA) is 75.1 Å². The zero-order chi connectivity index (χ0) is 19.6. The molecule has 2 aromatic carbocycles. The molecule has 0 atom stereocenters. The Morgan fingerprint density at radius 1 is 1.15 bits per heavy atom. The predicted molar refractivity (Wildman–Crippen MR) is 99.3 cm³/mol. The van der Waals surface area contributed by atoms with Crippen molar-refractivity contribution in [3.63, 3.8) is 0 Å². The number of halogens is 2. The molecule has 0 amide bonds. The van der Waals surface area contributed by atoms with E-state index in [-0.39, 0.29) is 24.7 Å². The number of nitrogens with one attached hydrogen (secondary N) is 2. The van der Waals surface area contributed by atoms with E-state index in [9.17, 15) is 13.9 Å². The number of benzene rings is 2. The second-order valence-corrected chi connectivity index (χ2v) is 5.51. The van der Waals surface area contributed by atoms with Crippen molar-refractivity contribution in [1.29, 1.82) is 0 Å². The van der Waals surface area contributed by atoms with Crippen LogP contribution in [0.5, 0.6) is 17.2 Å². The number of nitrogens with zero attached hydrogens (tertiary/aromatic N) is 1. The minimum atomic E-state index is -0.746. The minimum absolute atomic E-state index is 0.0126. The van der Waals surface area contributed by atoms with Gasteiger partial charge in [0.25, 0.3) is 0 Å². The van der Waals surface area contributed by atoms with Crippen molar-refractivity contribution in [2.45, 2.75) is 13.5 Å². The summed E-state index contributed by atoms with van der Waals surface area (Å²) >= 11 is 0. The fraction of sp³-hybridized carbons (Fsp3) is 0.316. The van der Waals surface area contributed by atoms with E-state index in [0.29, 0.717) is 30.4 Å². The molecule has 0 bridgehead atoms. The van der Waals surface area contributed by atoms with Crippen LogP contribution in [0.4, 0.5) is 8.78 Å². The Morgan fingerprint density at radius 3 is 2.67 bits per heavy atom. The van der Waals surface area contributed by atoms with Crippen molar-refractivity contribution in [3.8, 4) is 17.2 Å². The first-order valence-electron chi connectivity index (χ1n) is 8.50. The van der Waals surface area contributed by atoms with Crippen molar-refractivity contribution in [2.24, 2.45) is 4.99 Å². The highest BCUT2D eigenvalue weighted by Gasteiger charge is 2.08. The van der Waals surface area contributed by atoms with Gasteiger partial charge in [-0.05, 0) is 25.1 Å². The van der Waals surface area contributed by atoms with Gasteiger partial charge >= 0.3 is 0 Å². The van der Waals surface area contributed by atoms with Gasteiger partial charge < -0.3 is 25.2 Å². The SMILES string of the molecule is CCNC(=NCc1cccc(OC)c1O)NCCOc1ccc(F)cc1F. The van der Waals surface area contributed by atoms with Gasteiger partial charge in [-0.2, -0.15) is 0 Å². The van der Waals surface area contributed by atoms with E-state index in [1.54, 1.807) is 18.2 Å². The summed E-state index contributed by atoms with van der Waals surface area (Å²) in [6.07, 6.45) is 0. The van der Waals surface area contributed by atoms with Crippen molar-refractivity contribution >= 4 is 5.96 Å². The molecule has 0 saturated heterocycles. The maximum Gasteiger partial charge on any atom is 0.191 e. The molecule has 0 spiro atoms. The monoisotopic (exact) mass is 379 g/mol. The van der Waals surface area contributed by atoms with Gasteiger partial charge in [0.15, 0.2) is 29.0 Å². The zero-order valence-corrected chi connectivity index (χ0v) is 15.3. The van der Waals surface area contributed by atoms with Crippen LogP contribution >= 0.6 is 0 Å². The van der Waals surface area contributed by atoms with Crippen molar-refractivity contribution in [1.82, 2.24) is 10.6 Å². The molecule has 0 unspecified atom stereocenters. The second-order valence-electron chi connectivity index (χ2n) is 5.51. The summed E-state index contributed by atoms with van der Waals surface area (Å²) in [5.41, 5.74) is 0.621. The number of rotatable bonds is 8. The predicted octanol–water partition coefficient (Wildman–Crippen LogP) is 2.81. The highest BCUT2D eigenvalue weighted by atomic mass is 19.1. The summed E-state index contributed by atoms with van der Waals surface area (Å²) in [4.78, 5) is 4.39. The number of hydrogen-bond donors (Lipinski definition) is 3. The molecule has 0 aliphatic rings. The van der Waals surface area contributed by atoms with Crippen molar-refractivity contribution in [3.05, 3.63) is 53.6 Å². The lowest BCUT2D eigenvalue weighted by molar-refractivity contribution is 0.304. The average molecular weight is 379 g/mol. The fourth-order valence-electron chi connectivity index (χ4n) is 2.29. The Morgan fingerprint density at radius 2 is 1.96 bits per heavy atom. The molecule has 0 fully saturated rings. The maximum absolute atomic E-state index is 13.5. The number of phenolic OH excluding ortho intramolecular Hbond substituents is 1. The van der Waals surface area contributed by atoms with Crippen LogP contribution in [0.3, 0.4) is 0 Å². The first-order chi connectivity index (χ1) is 13.0. The molecule has 6 nitrogen and oxygen atoms in total. The van der Waals surface area contributed by atoms with Gasteiger partial charge in [-0.25, -0.2) is 13.8 Å². The first kappa shape index (κ1) is 20.3. The molecule has 0 aromatic heterocycles. The minimum Gasteiger partial charge on any atom is -0.504 e. The molecule has 146 valence electrons. The number of aliphatic imine (C=N–C) groups is 1. The van der Waals surface area contributed by atoms with E-state index in [2.05, 4.69) is 15.6 Å². The molecule has 0 aliphatic heterocycles. The normalized spacial score (nSPS) is 11.2. The van der Waals surface area contributed by atoms with Crippen LogP contribution in [-0.2, 0) is 6.54 Å². The highest BCUT2D eigenvalue weighted by molar-refractivity contribution is 5.79. The quantitative estimate of drug-likeness (QED) is 0.374. The third kappa shape index (κ3) is 6.02. The van der Waals surface area contributed by atoms with Gasteiger partial charge in [-0.15, -0.1) is 0 Å². The molecule has 27 heavy (non-hydrogen) atoms. The van der Waals surface area contributed by atoms with Crippen LogP contribution in [-0.4, -0.2) is 37.9 Å². The van der Waals surface area contributed by atoms with E-state index in [4.69, 9.17) is 9.47 Å². The van der Waals surface area contributed by atoms with Crippen LogP contribution in [0, 0.1) is 11.6 Å². The maximum atomic E-state index is 13.5. The Kier molecular flexibility index (Phi) is 7.66. The highest BCUT2D eigenvalue weighted by Crippen LogP contribution is 2.29. The summed E-state index contributed by atoms with van der Waals surface area (Å²) in [5, 5.41) is 16.2. The summed E-state index contributed by atoms with van der Waals surface area (Å²) in [7, 11) is 1.48. The average Bonchev–Trinajstić information content (AvgIpc) is 2.65. The van der Waals surface area contributed by atoms with Gasteiger partial charge in [0.05, 0.1) is 20.2 Å². The summed E-state index contributed by atoms with van der Waals surface area (Å²) in [6.45, 7) is 3.32. The Balaban J connectivity index is 1.90. The van der Waals surface area contributed by atoms with Crippen molar-refractivity contribution in [2.75, 3.05) is 26.8 Å². The molecule has 2 aromatic rings. The Bertz CT molecular complexity index is 785. The lowest BCUT2D eigenvalue weighted by Crippen LogP contribution is -2.39. The summed E-state index contributed by atoms with van der Waals surface area (Å²) < 4.78 is 36.7. The molecule has 0 radical (unpaired) electrons. The summed E-state index contributed by atoms with van der Waals surface area (Å²) in [6, 6.07) is 8.35. The number of ether oxygens (including phenoxy) is 2. The lowest BCUT2D eigenvalue weighted by atomic mass is 10.2. The Hall–Kier alpha value is -3.03. The van der Waals surface area contributed by atoms with Gasteiger partial charge in [-0.1, -0.05) is 12.1 Å². The van der Waals surface area contributed by atoms with Gasteiger partial charge in [-0.3, -0.25) is 0 Å². The first-order valence-corrected chi connectivity index (χ1v) is 8.50. The lowest BCUT2D eigenvalue weighted by Gasteiger charge is -2.13. The molecular formula is C19H23F2N3O3. The molecule has 3 N–H and O–H groups in total. The van der Waals surface area contributed by atoms with E-state index in [0.717, 1.165) is 12.1 Å². The van der Waals surface area contributed by atoms with Gasteiger partial charge in [0.1, 0.15) is 12.4 Å². The molecule has 0 aliphatic carbocycles. The van der Waals surface area contributed by atoms with E-state index < -0.39 is 11.6 Å². The van der Waals surface area contributed by atoms with Crippen LogP contribution in [0.15, 0.2) is 41.4 Å². The number of phenols is 1. The molecule has 2 rings (SSSR count). The van der Waals surface area contributed by atoms with Crippen LogP contribution in [0.25, 0.3) is 0 Å². The fourth-order valence-corrected chi connectivity index (χ4v) is 2.29. The molecule has 0 heterocycles. The smallest absolute Gasteiger partial charge is 0.191 e. The standard InChI is InChI=1S/C19H23F2N3O3/c1-3-22-19(24-12-13-5-4-6-17(26-2)18(13)25)23-9-10-27-16-8-7-14(20)11-15(16)21/h4-8,11,25H,3,9-10,12H2,1-2H3,(H2,22,23,24). The molecule has 0 saturated carbocycles. The van der Waals surface area contributed by atoms with E-state index >= 15 is 0 Å². The number of methoxy groups -OCH3 is 1. The molecule has 8 heteroatoms. The summed E-state index contributed by atoms with van der Waals surface area (Å²) in [5.74, 6) is -0.459. The third-order valence-electron chi connectivity index (χ3n) is 3.60.